The van der Waals surface area contributed by atoms with Gasteiger partial charge < -0.3 is 9.73 Å². The van der Waals surface area contributed by atoms with Gasteiger partial charge in [-0.1, -0.05) is 36.9 Å². The molecule has 0 aliphatic rings. The number of benzene rings is 1. The first-order chi connectivity index (χ1) is 14.5. The van der Waals surface area contributed by atoms with Crippen LogP contribution in [0.15, 0.2) is 63.1 Å². The Kier molecular flexibility index (Phi) is 6.06. The van der Waals surface area contributed by atoms with Gasteiger partial charge >= 0.3 is 0 Å². The van der Waals surface area contributed by atoms with Crippen LogP contribution in [0.25, 0.3) is 10.2 Å². The van der Waals surface area contributed by atoms with Crippen molar-refractivity contribution < 1.29 is 9.21 Å². The molecule has 0 radical (unpaired) electrons. The minimum Gasteiger partial charge on any atom is -0.467 e. The van der Waals surface area contributed by atoms with E-state index in [2.05, 4.69) is 12.2 Å². The molecule has 6 nitrogen and oxygen atoms in total. The summed E-state index contributed by atoms with van der Waals surface area (Å²) in [6.07, 6.45) is 2.43. The zero-order chi connectivity index (χ0) is 21.1. The summed E-state index contributed by atoms with van der Waals surface area (Å²) in [6, 6.07) is 13.1. The molecule has 0 unspecified atom stereocenters. The standard InChI is InChI=1S/C22H21N3O3S2/c1-3-16-11-17-20(30-16)24-22(25(21(17)27)12-15-8-6-10-28-15)29-13-19(26)23-18-9-5-4-7-14(18)2/h4-11H,3,12-13H2,1-2H3,(H,23,26). The fraction of sp³-hybridized carbons (Fsp3) is 0.227. The molecule has 154 valence electrons. The summed E-state index contributed by atoms with van der Waals surface area (Å²) in [5.41, 5.74) is 1.66. The molecule has 0 atom stereocenters. The number of carbonyl (C=O) groups excluding carboxylic acids is 1. The van der Waals surface area contributed by atoms with Crippen LogP contribution in [-0.2, 0) is 17.8 Å². The fourth-order valence-corrected chi connectivity index (χ4v) is 4.87. The Bertz CT molecular complexity index is 1240. The number of carbonyl (C=O) groups is 1. The van der Waals surface area contributed by atoms with Crippen LogP contribution in [0.4, 0.5) is 5.69 Å². The van der Waals surface area contributed by atoms with Gasteiger partial charge in [-0.05, 0) is 43.2 Å². The molecule has 4 aromatic rings. The molecular weight excluding hydrogens is 418 g/mol. The van der Waals surface area contributed by atoms with Crippen molar-refractivity contribution in [2.45, 2.75) is 32.0 Å². The molecule has 0 fully saturated rings. The first-order valence-electron chi connectivity index (χ1n) is 9.59. The average Bonchev–Trinajstić information content (AvgIpc) is 3.40. The van der Waals surface area contributed by atoms with Crippen molar-refractivity contribution >= 4 is 44.9 Å². The van der Waals surface area contributed by atoms with Crippen molar-refractivity contribution in [3.8, 4) is 0 Å². The average molecular weight is 440 g/mol. The van der Waals surface area contributed by atoms with Crippen molar-refractivity contribution in [2.24, 2.45) is 0 Å². The lowest BCUT2D eigenvalue weighted by atomic mass is 10.2. The number of amides is 1. The number of nitrogens with one attached hydrogen (secondary N) is 1. The number of anilines is 1. The number of nitrogens with zero attached hydrogens (tertiary/aromatic N) is 2. The summed E-state index contributed by atoms with van der Waals surface area (Å²) in [5, 5.41) is 4.04. The minimum atomic E-state index is -0.145. The first kappa shape index (κ1) is 20.4. The largest absolute Gasteiger partial charge is 0.467 e. The predicted octanol–water partition coefficient (Wildman–Crippen LogP) is 4.70. The van der Waals surface area contributed by atoms with E-state index in [4.69, 9.17) is 9.40 Å². The number of para-hydroxylation sites is 1. The van der Waals surface area contributed by atoms with E-state index in [0.717, 1.165) is 22.5 Å². The molecule has 0 bridgehead atoms. The lowest BCUT2D eigenvalue weighted by Gasteiger charge is -2.11. The van der Waals surface area contributed by atoms with Crippen LogP contribution in [0.1, 0.15) is 23.1 Å². The first-order valence-corrected chi connectivity index (χ1v) is 11.4. The van der Waals surface area contributed by atoms with E-state index < -0.39 is 0 Å². The van der Waals surface area contributed by atoms with E-state index in [1.165, 1.54) is 23.1 Å². The third-order valence-electron chi connectivity index (χ3n) is 4.66. The van der Waals surface area contributed by atoms with Crippen molar-refractivity contribution in [2.75, 3.05) is 11.1 Å². The second-order valence-electron chi connectivity index (χ2n) is 6.80. The predicted molar refractivity (Wildman–Crippen MR) is 122 cm³/mol. The van der Waals surface area contributed by atoms with Gasteiger partial charge in [0, 0.05) is 10.6 Å². The molecule has 1 N–H and O–H groups in total. The molecule has 0 aliphatic heterocycles. The Morgan fingerprint density at radius 3 is 2.83 bits per heavy atom. The van der Waals surface area contributed by atoms with Gasteiger partial charge in [0.05, 0.1) is 23.9 Å². The summed E-state index contributed by atoms with van der Waals surface area (Å²) in [5.74, 6) is 0.667. The number of furan rings is 1. The van der Waals surface area contributed by atoms with Crippen LogP contribution in [0, 0.1) is 6.92 Å². The lowest BCUT2D eigenvalue weighted by molar-refractivity contribution is -0.113. The van der Waals surface area contributed by atoms with Gasteiger partial charge in [-0.25, -0.2) is 4.98 Å². The highest BCUT2D eigenvalue weighted by molar-refractivity contribution is 7.99. The molecule has 0 saturated heterocycles. The number of thioether (sulfide) groups is 1. The van der Waals surface area contributed by atoms with Crippen LogP contribution in [-0.4, -0.2) is 21.2 Å². The molecule has 3 heterocycles. The van der Waals surface area contributed by atoms with Gasteiger partial charge in [0.2, 0.25) is 5.91 Å². The molecule has 0 saturated carbocycles. The van der Waals surface area contributed by atoms with Gasteiger partial charge in [-0.15, -0.1) is 11.3 Å². The zero-order valence-electron chi connectivity index (χ0n) is 16.7. The Labute approximate surface area is 181 Å². The Morgan fingerprint density at radius 2 is 2.10 bits per heavy atom. The topological polar surface area (TPSA) is 77.1 Å². The molecular formula is C22H21N3O3S2. The number of thiophene rings is 1. The summed E-state index contributed by atoms with van der Waals surface area (Å²) in [4.78, 5) is 32.2. The monoisotopic (exact) mass is 439 g/mol. The van der Waals surface area contributed by atoms with Gasteiger partial charge in [0.1, 0.15) is 10.6 Å². The maximum Gasteiger partial charge on any atom is 0.263 e. The van der Waals surface area contributed by atoms with E-state index >= 15 is 0 Å². The van der Waals surface area contributed by atoms with Crippen LogP contribution in [0.5, 0.6) is 0 Å². The van der Waals surface area contributed by atoms with E-state index in [9.17, 15) is 9.59 Å². The molecule has 1 amide bonds. The molecule has 0 aliphatic carbocycles. The second-order valence-corrected chi connectivity index (χ2v) is 8.86. The number of hydrogen-bond acceptors (Lipinski definition) is 6. The normalized spacial score (nSPS) is 11.1. The van der Waals surface area contributed by atoms with Crippen molar-refractivity contribution in [1.29, 1.82) is 0 Å². The highest BCUT2D eigenvalue weighted by Crippen LogP contribution is 2.26. The number of rotatable bonds is 7. The Morgan fingerprint density at radius 1 is 1.27 bits per heavy atom. The van der Waals surface area contributed by atoms with E-state index in [1.807, 2.05) is 43.3 Å². The maximum absolute atomic E-state index is 13.2. The molecule has 4 rings (SSSR count). The summed E-state index contributed by atoms with van der Waals surface area (Å²) in [6.45, 7) is 4.27. The molecule has 3 aromatic heterocycles. The molecule has 30 heavy (non-hydrogen) atoms. The highest BCUT2D eigenvalue weighted by atomic mass is 32.2. The number of aromatic nitrogens is 2. The van der Waals surface area contributed by atoms with Crippen molar-refractivity contribution in [3.63, 3.8) is 0 Å². The Balaban J connectivity index is 1.62. The lowest BCUT2D eigenvalue weighted by Crippen LogP contribution is -2.24. The smallest absolute Gasteiger partial charge is 0.263 e. The zero-order valence-corrected chi connectivity index (χ0v) is 18.3. The van der Waals surface area contributed by atoms with Crippen molar-refractivity contribution in [3.05, 3.63) is 75.3 Å². The molecule has 8 heteroatoms. The van der Waals surface area contributed by atoms with Crippen LogP contribution < -0.4 is 10.9 Å². The summed E-state index contributed by atoms with van der Waals surface area (Å²) in [7, 11) is 0. The molecule has 0 spiro atoms. The van der Waals surface area contributed by atoms with Crippen LogP contribution >= 0.6 is 23.1 Å². The fourth-order valence-electron chi connectivity index (χ4n) is 3.06. The van der Waals surface area contributed by atoms with E-state index in [1.54, 1.807) is 16.9 Å². The number of fused-ring (bicyclic) bond motifs is 1. The third kappa shape index (κ3) is 4.34. The van der Waals surface area contributed by atoms with Gasteiger partial charge in [0.25, 0.3) is 5.56 Å². The third-order valence-corrected chi connectivity index (χ3v) is 6.81. The summed E-state index contributed by atoms with van der Waals surface area (Å²) >= 11 is 2.77. The Hall–Kier alpha value is -2.84. The quantitative estimate of drug-likeness (QED) is 0.334. The van der Waals surface area contributed by atoms with Crippen molar-refractivity contribution in [1.82, 2.24) is 9.55 Å². The number of hydrogen-bond donors (Lipinski definition) is 1. The molecule has 1 aromatic carbocycles. The van der Waals surface area contributed by atoms with Gasteiger partial charge in [0.15, 0.2) is 5.16 Å². The summed E-state index contributed by atoms with van der Waals surface area (Å²) < 4.78 is 7.01. The highest BCUT2D eigenvalue weighted by Gasteiger charge is 2.17. The SMILES string of the molecule is CCc1cc2c(=O)n(Cc3ccco3)c(SCC(=O)Nc3ccccc3C)nc2s1. The van der Waals surface area contributed by atoms with Gasteiger partial charge in [-0.3, -0.25) is 14.2 Å². The van der Waals surface area contributed by atoms with E-state index in [-0.39, 0.29) is 23.8 Å². The van der Waals surface area contributed by atoms with Crippen LogP contribution in [0.3, 0.4) is 0 Å². The van der Waals surface area contributed by atoms with E-state index in [0.29, 0.717) is 21.1 Å². The maximum atomic E-state index is 13.2. The minimum absolute atomic E-state index is 0.117. The number of aryl methyl sites for hydroxylation is 2. The second kappa shape index (κ2) is 8.89. The van der Waals surface area contributed by atoms with Crippen LogP contribution in [0.2, 0.25) is 0 Å². The van der Waals surface area contributed by atoms with Gasteiger partial charge in [-0.2, -0.15) is 0 Å².